The predicted octanol–water partition coefficient (Wildman–Crippen LogP) is 4.23. The van der Waals surface area contributed by atoms with Crippen LogP contribution >= 0.6 is 0 Å². The van der Waals surface area contributed by atoms with Crippen LogP contribution in [0.15, 0.2) is 121 Å². The Kier molecular flexibility index (Phi) is 21.1. The minimum Gasteiger partial charge on any atom is -0.465 e. The van der Waals surface area contributed by atoms with Gasteiger partial charge in [-0.05, 0) is 98.3 Å². The minimum absolute atomic E-state index is 0.0403. The Morgan fingerprint density at radius 3 is 1.33 bits per heavy atom. The van der Waals surface area contributed by atoms with Crippen molar-refractivity contribution in [2.45, 2.75) is 151 Å². The van der Waals surface area contributed by atoms with Gasteiger partial charge in [0, 0.05) is 30.5 Å². The fourth-order valence-electron chi connectivity index (χ4n) is 11.7. The van der Waals surface area contributed by atoms with Gasteiger partial charge >= 0.3 is 5.97 Å². The van der Waals surface area contributed by atoms with Crippen molar-refractivity contribution in [1.82, 2.24) is 36.4 Å². The Bertz CT molecular complexity index is 2740. The SMILES string of the molecule is CC[C@H](N)C(=O)N[C@@H]1C(=O)N2[C@@H](CC[C@@H]1CNC(=O)CC#CC#CCC(=O)OC[C@H]1CC[C@H]3CC[C@@H](C(=O)NC(c4ccccc4)c4ccccc4)N3C(=O)[C@H]1NC(=O)[C@@H](N)CC)CC[C@H]2C(=O)NC(c1ccccc1)c1ccccc1. The van der Waals surface area contributed by atoms with Crippen LogP contribution in [0.4, 0.5) is 0 Å². The van der Waals surface area contributed by atoms with E-state index >= 15 is 0 Å². The van der Waals surface area contributed by atoms with E-state index in [2.05, 4.69) is 50.3 Å². The van der Waals surface area contributed by atoms with Crippen LogP contribution in [0.25, 0.3) is 0 Å². The van der Waals surface area contributed by atoms with Gasteiger partial charge in [0.2, 0.25) is 41.4 Å². The Balaban J connectivity index is 0.852. The number of hydrogen-bond donors (Lipinski definition) is 7. The lowest BCUT2D eigenvalue weighted by molar-refractivity contribution is -0.147. The molecule has 0 aromatic heterocycles. The van der Waals surface area contributed by atoms with Crippen molar-refractivity contribution in [2.24, 2.45) is 23.3 Å². The summed E-state index contributed by atoms with van der Waals surface area (Å²) in [6.45, 7) is 3.37. The quantitative estimate of drug-likeness (QED) is 0.0487. The molecule has 0 aliphatic carbocycles. The van der Waals surface area contributed by atoms with E-state index in [1.54, 1.807) is 23.6 Å². The maximum absolute atomic E-state index is 14.6. The predicted molar refractivity (Wildman–Crippen MR) is 308 cm³/mol. The summed E-state index contributed by atoms with van der Waals surface area (Å²) in [4.78, 5) is 114. The number of esters is 1. The zero-order valence-electron chi connectivity index (χ0n) is 46.6. The van der Waals surface area contributed by atoms with E-state index in [9.17, 15) is 38.4 Å². The summed E-state index contributed by atoms with van der Waals surface area (Å²) in [5.74, 6) is 5.79. The van der Waals surface area contributed by atoms with Gasteiger partial charge in [-0.2, -0.15) is 0 Å². The summed E-state index contributed by atoms with van der Waals surface area (Å²) in [6.07, 6.45) is 4.10. The average molecular weight is 1110 g/mol. The summed E-state index contributed by atoms with van der Waals surface area (Å²) in [5, 5.41) is 15.0. The van der Waals surface area contributed by atoms with E-state index in [0.29, 0.717) is 64.2 Å². The van der Waals surface area contributed by atoms with Gasteiger partial charge in [0.05, 0.1) is 37.2 Å². The lowest BCUT2D eigenvalue weighted by Gasteiger charge is -2.33. The van der Waals surface area contributed by atoms with E-state index in [1.807, 2.05) is 121 Å². The number of rotatable bonds is 20. The molecule has 4 aliphatic rings. The highest BCUT2D eigenvalue weighted by Gasteiger charge is 2.50. The molecule has 82 heavy (non-hydrogen) atoms. The minimum atomic E-state index is -1.12. The molecular formula is C64H75N9O9. The van der Waals surface area contributed by atoms with Gasteiger partial charge in [-0.25, -0.2) is 0 Å². The number of nitrogens with zero attached hydrogens (tertiary/aromatic N) is 2. The van der Waals surface area contributed by atoms with Crippen LogP contribution in [0.3, 0.4) is 0 Å². The normalized spacial score (nSPS) is 22.8. The van der Waals surface area contributed by atoms with E-state index in [4.69, 9.17) is 16.2 Å². The Morgan fingerprint density at radius 1 is 0.537 bits per heavy atom. The van der Waals surface area contributed by atoms with Crippen molar-refractivity contribution >= 4 is 47.3 Å². The summed E-state index contributed by atoms with van der Waals surface area (Å²) < 4.78 is 5.66. The van der Waals surface area contributed by atoms with Crippen molar-refractivity contribution in [1.29, 1.82) is 0 Å². The zero-order chi connectivity index (χ0) is 58.1. The fourth-order valence-corrected chi connectivity index (χ4v) is 11.7. The number of fused-ring (bicyclic) bond motifs is 2. The molecular weight excluding hydrogens is 1040 g/mol. The molecule has 18 nitrogen and oxygen atoms in total. The number of nitrogens with one attached hydrogen (secondary N) is 5. The number of benzene rings is 4. The first-order valence-electron chi connectivity index (χ1n) is 28.7. The molecule has 4 aromatic rings. The Labute approximate surface area is 480 Å². The van der Waals surface area contributed by atoms with Gasteiger partial charge in [-0.15, -0.1) is 0 Å². The van der Waals surface area contributed by atoms with Gasteiger partial charge < -0.3 is 52.6 Å². The molecule has 4 aliphatic heterocycles. The van der Waals surface area contributed by atoms with E-state index in [1.165, 1.54) is 0 Å². The summed E-state index contributed by atoms with van der Waals surface area (Å²) in [7, 11) is 0. The van der Waals surface area contributed by atoms with Gasteiger partial charge in [0.25, 0.3) is 0 Å². The van der Waals surface area contributed by atoms with E-state index in [-0.39, 0.29) is 49.9 Å². The first-order chi connectivity index (χ1) is 39.8. The lowest BCUT2D eigenvalue weighted by Crippen LogP contribution is -2.59. The first kappa shape index (κ1) is 59.8. The first-order valence-corrected chi connectivity index (χ1v) is 28.7. The van der Waals surface area contributed by atoms with Crippen molar-refractivity contribution in [3.8, 4) is 23.7 Å². The third-order valence-corrected chi connectivity index (χ3v) is 16.3. The average Bonchev–Trinajstić information content (AvgIpc) is 3.89. The van der Waals surface area contributed by atoms with Crippen LogP contribution < -0.4 is 38.1 Å². The maximum atomic E-state index is 14.6. The Morgan fingerprint density at radius 2 is 0.915 bits per heavy atom. The second-order valence-electron chi connectivity index (χ2n) is 21.6. The molecule has 0 unspecified atom stereocenters. The van der Waals surface area contributed by atoms with Crippen LogP contribution in [0.1, 0.15) is 125 Å². The summed E-state index contributed by atoms with van der Waals surface area (Å²) >= 11 is 0. The van der Waals surface area contributed by atoms with Crippen molar-refractivity contribution in [3.63, 3.8) is 0 Å². The van der Waals surface area contributed by atoms with Crippen LogP contribution in [0.2, 0.25) is 0 Å². The molecule has 4 saturated heterocycles. The van der Waals surface area contributed by atoms with Crippen LogP contribution in [0, 0.1) is 35.5 Å². The largest absolute Gasteiger partial charge is 0.465 e. The highest BCUT2D eigenvalue weighted by Crippen LogP contribution is 2.37. The van der Waals surface area contributed by atoms with Gasteiger partial charge in [-0.3, -0.25) is 38.4 Å². The molecule has 7 amide bonds. The van der Waals surface area contributed by atoms with Crippen LogP contribution in [0.5, 0.6) is 0 Å². The monoisotopic (exact) mass is 1110 g/mol. The van der Waals surface area contributed by atoms with Crippen molar-refractivity contribution < 1.29 is 43.1 Å². The number of ether oxygens (including phenoxy) is 1. The molecule has 4 aromatic carbocycles. The molecule has 0 bridgehead atoms. The molecule has 430 valence electrons. The third kappa shape index (κ3) is 15.0. The van der Waals surface area contributed by atoms with Crippen molar-refractivity contribution in [3.05, 3.63) is 144 Å². The number of carbonyl (C=O) groups is 8. The number of nitrogens with two attached hydrogens (primary N) is 2. The second-order valence-corrected chi connectivity index (χ2v) is 21.6. The lowest BCUT2D eigenvalue weighted by atomic mass is 9.92. The number of hydrogen-bond acceptors (Lipinski definition) is 11. The molecule has 4 fully saturated rings. The van der Waals surface area contributed by atoms with E-state index < -0.39 is 95.7 Å². The molecule has 10 atom stereocenters. The Hall–Kier alpha value is -8.32. The smallest absolute Gasteiger partial charge is 0.317 e. The number of amides is 7. The molecule has 18 heteroatoms. The van der Waals surface area contributed by atoms with Crippen LogP contribution in [-0.2, 0) is 43.1 Å². The van der Waals surface area contributed by atoms with Gasteiger partial charge in [-0.1, -0.05) is 147 Å². The highest BCUT2D eigenvalue weighted by molar-refractivity contribution is 5.96. The summed E-state index contributed by atoms with van der Waals surface area (Å²) in [6, 6.07) is 31.5. The fraction of sp³-hybridized carbons (Fsp3) is 0.438. The number of carbonyl (C=O) groups excluding carboxylic acids is 8. The molecule has 4 heterocycles. The molecule has 8 rings (SSSR count). The second kappa shape index (κ2) is 28.9. The van der Waals surface area contributed by atoms with Gasteiger partial charge in [0.1, 0.15) is 30.6 Å². The molecule has 9 N–H and O–H groups in total. The van der Waals surface area contributed by atoms with E-state index in [0.717, 1.165) is 22.3 Å². The molecule has 0 spiro atoms. The van der Waals surface area contributed by atoms with Gasteiger partial charge in [0.15, 0.2) is 0 Å². The summed E-state index contributed by atoms with van der Waals surface area (Å²) in [5.41, 5.74) is 15.8. The maximum Gasteiger partial charge on any atom is 0.317 e. The van der Waals surface area contributed by atoms with Crippen LogP contribution in [-0.4, -0.2) is 119 Å². The standard InChI is InChI=1S/C64H75N9O9/c1-3-49(65)59(76)70-57-45(31-33-47-35-37-51(72(47)63(57)80)61(78)68-55(41-21-11-7-12-22-41)42-23-13-8-14-24-42)39-67-53(74)29-19-5-6-20-30-54(75)82-40-46-32-34-48-36-38-52(73(48)64(81)58(46)71-60(77)50(66)4-2)62(79)69-56(43-25-15-9-16-26-43)44-27-17-10-18-28-44/h7-18,21-28,45-52,55-58H,3-4,29-40,65-66H2,1-2H3,(H,67,74)(H,68,78)(H,69,79)(H,70,76)(H,71,77)/t45-,46-,47+,48+,49+,50+,51+,52+,57+,58+/m1/s1. The molecule has 0 radical (unpaired) electrons. The highest BCUT2D eigenvalue weighted by atomic mass is 16.5. The molecule has 0 saturated carbocycles. The zero-order valence-corrected chi connectivity index (χ0v) is 46.6. The third-order valence-electron chi connectivity index (χ3n) is 16.3. The topological polar surface area (TPSA) is 264 Å². The van der Waals surface area contributed by atoms with Crippen molar-refractivity contribution in [2.75, 3.05) is 13.2 Å².